The summed E-state index contributed by atoms with van der Waals surface area (Å²) in [5, 5.41) is 11.6. The van der Waals surface area contributed by atoms with E-state index in [1.165, 1.54) is 31.0 Å². The van der Waals surface area contributed by atoms with Gasteiger partial charge in [0.05, 0.1) is 11.2 Å². The quantitative estimate of drug-likeness (QED) is 0.649. The molecular formula is C20H27N3O2S. The first-order valence-electron chi connectivity index (χ1n) is 9.97. The maximum atomic E-state index is 13.5. The van der Waals surface area contributed by atoms with Crippen molar-refractivity contribution < 1.29 is 9.90 Å². The van der Waals surface area contributed by atoms with Crippen molar-refractivity contribution in [1.82, 2.24) is 14.9 Å². The molecule has 26 heavy (non-hydrogen) atoms. The van der Waals surface area contributed by atoms with Gasteiger partial charge in [-0.15, -0.1) is 0 Å². The molecule has 1 amide bonds. The minimum Gasteiger partial charge on any atom is -0.390 e. The van der Waals surface area contributed by atoms with E-state index in [9.17, 15) is 9.90 Å². The second-order valence-electron chi connectivity index (χ2n) is 8.94. The van der Waals surface area contributed by atoms with Gasteiger partial charge in [-0.2, -0.15) is 0 Å². The fraction of sp³-hybridized carbons (Fsp3) is 0.750. The van der Waals surface area contributed by atoms with Crippen LogP contribution in [0.1, 0.15) is 61.7 Å². The van der Waals surface area contributed by atoms with E-state index in [4.69, 9.17) is 0 Å². The van der Waals surface area contributed by atoms with Crippen molar-refractivity contribution in [3.8, 4) is 0 Å². The van der Waals surface area contributed by atoms with Gasteiger partial charge in [-0.25, -0.2) is 9.97 Å². The lowest BCUT2D eigenvalue weighted by Crippen LogP contribution is -2.65. The number of thioether (sulfide) groups is 1. The Labute approximate surface area is 159 Å². The van der Waals surface area contributed by atoms with Crippen LogP contribution in [0.25, 0.3) is 0 Å². The van der Waals surface area contributed by atoms with Gasteiger partial charge >= 0.3 is 0 Å². The molecule has 5 nitrogen and oxygen atoms in total. The monoisotopic (exact) mass is 373 g/mol. The van der Waals surface area contributed by atoms with Crippen molar-refractivity contribution in [3.63, 3.8) is 0 Å². The summed E-state index contributed by atoms with van der Waals surface area (Å²) in [7, 11) is 0. The topological polar surface area (TPSA) is 66.3 Å². The lowest BCUT2D eigenvalue weighted by molar-refractivity contribution is -0.161. The van der Waals surface area contributed by atoms with Crippen molar-refractivity contribution in [1.29, 1.82) is 0 Å². The van der Waals surface area contributed by atoms with Crippen molar-refractivity contribution >= 4 is 17.7 Å². The molecule has 1 N–H and O–H groups in total. The highest BCUT2D eigenvalue weighted by molar-refractivity contribution is 7.98. The average Bonchev–Trinajstić information content (AvgIpc) is 2.57. The van der Waals surface area contributed by atoms with Crippen LogP contribution in [0.5, 0.6) is 0 Å². The largest absolute Gasteiger partial charge is 0.390 e. The molecule has 1 aromatic heterocycles. The first kappa shape index (κ1) is 17.0. The summed E-state index contributed by atoms with van der Waals surface area (Å²) in [6.07, 6.45) is 13.9. The SMILES string of the molecule is CSc1ncc(C(=O)N(C2CCC2)[C@H]2C3CC4CC2C[C@@](O)(C4)C3)cn1. The lowest BCUT2D eigenvalue weighted by Gasteiger charge is -2.61. The maximum Gasteiger partial charge on any atom is 0.257 e. The van der Waals surface area contributed by atoms with Crippen LogP contribution in [0, 0.1) is 17.8 Å². The minimum absolute atomic E-state index is 0.104. The van der Waals surface area contributed by atoms with E-state index in [1.807, 2.05) is 6.26 Å². The Morgan fingerprint density at radius 3 is 2.35 bits per heavy atom. The average molecular weight is 374 g/mol. The fourth-order valence-electron chi connectivity index (χ4n) is 6.30. The molecule has 5 saturated carbocycles. The highest BCUT2D eigenvalue weighted by atomic mass is 32.2. The molecule has 6 rings (SSSR count). The van der Waals surface area contributed by atoms with Crippen LogP contribution in [0.15, 0.2) is 17.6 Å². The standard InChI is InChI=1S/C20H27N3O2S/c1-26-19-21-10-15(11-22-19)18(24)23(16-3-2-4-16)17-13-5-12-6-14(17)9-20(25,7-12)8-13/h10-14,16-17,25H,2-9H2,1H3/t12?,13?,14?,17-,20+. The van der Waals surface area contributed by atoms with Crippen LogP contribution < -0.4 is 0 Å². The molecule has 0 aliphatic heterocycles. The fourth-order valence-corrected chi connectivity index (χ4v) is 6.62. The summed E-state index contributed by atoms with van der Waals surface area (Å²) in [5.74, 6) is 1.69. The Morgan fingerprint density at radius 2 is 1.85 bits per heavy atom. The Balaban J connectivity index is 1.45. The lowest BCUT2D eigenvalue weighted by atomic mass is 9.51. The van der Waals surface area contributed by atoms with Crippen LogP contribution >= 0.6 is 11.8 Å². The van der Waals surface area contributed by atoms with Crippen molar-refractivity contribution in [2.75, 3.05) is 6.26 Å². The smallest absolute Gasteiger partial charge is 0.257 e. The predicted molar refractivity (Wildman–Crippen MR) is 99.9 cm³/mol. The third kappa shape index (κ3) is 2.68. The van der Waals surface area contributed by atoms with Crippen LogP contribution in [-0.4, -0.2) is 49.8 Å². The summed E-state index contributed by atoms with van der Waals surface area (Å²) < 4.78 is 0. The van der Waals surface area contributed by atoms with Crippen LogP contribution in [0.4, 0.5) is 0 Å². The third-order valence-electron chi connectivity index (χ3n) is 7.27. The molecule has 1 heterocycles. The van der Waals surface area contributed by atoms with Gasteiger partial charge in [0.2, 0.25) is 0 Å². The minimum atomic E-state index is -0.454. The normalized spacial score (nSPS) is 38.2. The molecule has 1 aromatic rings. The van der Waals surface area contributed by atoms with Crippen LogP contribution in [0.3, 0.4) is 0 Å². The zero-order valence-corrected chi connectivity index (χ0v) is 16.1. The van der Waals surface area contributed by atoms with Crippen LogP contribution in [-0.2, 0) is 0 Å². The van der Waals surface area contributed by atoms with Crippen molar-refractivity contribution in [3.05, 3.63) is 18.0 Å². The molecule has 4 bridgehead atoms. The summed E-state index contributed by atoms with van der Waals surface area (Å²) in [6, 6.07) is 0.657. The Bertz CT molecular complexity index is 690. The summed E-state index contributed by atoms with van der Waals surface area (Å²) >= 11 is 1.49. The number of hydrogen-bond acceptors (Lipinski definition) is 5. The van der Waals surface area contributed by atoms with Gasteiger partial charge in [0.15, 0.2) is 5.16 Å². The van der Waals surface area contributed by atoms with E-state index in [0.717, 1.165) is 32.1 Å². The van der Waals surface area contributed by atoms with Gasteiger partial charge in [0.25, 0.3) is 5.91 Å². The van der Waals surface area contributed by atoms with E-state index < -0.39 is 5.60 Å². The van der Waals surface area contributed by atoms with Crippen molar-refractivity contribution in [2.24, 2.45) is 17.8 Å². The number of amides is 1. The van der Waals surface area contributed by atoms with E-state index >= 15 is 0 Å². The number of carbonyl (C=O) groups excluding carboxylic acids is 1. The number of carbonyl (C=O) groups is 1. The molecule has 0 saturated heterocycles. The Hall–Kier alpha value is -1.14. The summed E-state index contributed by atoms with van der Waals surface area (Å²) in [4.78, 5) is 24.3. The molecule has 0 spiro atoms. The van der Waals surface area contributed by atoms with E-state index in [0.29, 0.717) is 40.6 Å². The van der Waals surface area contributed by atoms with E-state index in [-0.39, 0.29) is 5.91 Å². The van der Waals surface area contributed by atoms with Gasteiger partial charge in [-0.1, -0.05) is 11.8 Å². The maximum absolute atomic E-state index is 13.5. The molecule has 5 aliphatic carbocycles. The number of hydrogen-bond donors (Lipinski definition) is 1. The molecule has 6 heteroatoms. The Kier molecular flexibility index (Phi) is 4.05. The molecule has 0 radical (unpaired) electrons. The zero-order valence-electron chi connectivity index (χ0n) is 15.3. The number of rotatable bonds is 4. The van der Waals surface area contributed by atoms with Gasteiger partial charge in [0, 0.05) is 24.5 Å². The second-order valence-corrected chi connectivity index (χ2v) is 9.71. The molecule has 0 aromatic carbocycles. The molecule has 2 atom stereocenters. The predicted octanol–water partition coefficient (Wildman–Crippen LogP) is 3.13. The van der Waals surface area contributed by atoms with E-state index in [2.05, 4.69) is 14.9 Å². The van der Waals surface area contributed by atoms with Gasteiger partial charge < -0.3 is 10.0 Å². The highest BCUT2D eigenvalue weighted by Gasteiger charge is 2.57. The van der Waals surface area contributed by atoms with Crippen molar-refractivity contribution in [2.45, 2.75) is 74.2 Å². The highest BCUT2D eigenvalue weighted by Crippen LogP contribution is 2.57. The second kappa shape index (κ2) is 6.20. The molecule has 5 fully saturated rings. The van der Waals surface area contributed by atoms with Gasteiger partial charge in [-0.3, -0.25) is 4.79 Å². The van der Waals surface area contributed by atoms with E-state index in [1.54, 1.807) is 12.4 Å². The van der Waals surface area contributed by atoms with Gasteiger partial charge in [0.1, 0.15) is 0 Å². The first-order valence-corrected chi connectivity index (χ1v) is 11.2. The molecule has 5 aliphatic rings. The number of aliphatic hydroxyl groups is 1. The summed E-state index contributed by atoms with van der Waals surface area (Å²) in [5.41, 5.74) is 0.159. The zero-order chi connectivity index (χ0) is 17.9. The number of aromatic nitrogens is 2. The van der Waals surface area contributed by atoms with Gasteiger partial charge in [-0.05, 0) is 75.4 Å². The molecule has 140 valence electrons. The number of nitrogens with zero attached hydrogens (tertiary/aromatic N) is 3. The van der Waals surface area contributed by atoms with Crippen LogP contribution in [0.2, 0.25) is 0 Å². The first-order chi connectivity index (χ1) is 12.6. The molecular weight excluding hydrogens is 346 g/mol. The Morgan fingerprint density at radius 1 is 1.19 bits per heavy atom. The summed E-state index contributed by atoms with van der Waals surface area (Å²) in [6.45, 7) is 0. The molecule has 2 unspecified atom stereocenters. The third-order valence-corrected chi connectivity index (χ3v) is 7.85.